The van der Waals surface area contributed by atoms with Crippen LogP contribution in [-0.4, -0.2) is 37.9 Å². The van der Waals surface area contributed by atoms with Crippen molar-refractivity contribution in [3.63, 3.8) is 0 Å². The van der Waals surface area contributed by atoms with E-state index in [-0.39, 0.29) is 25.2 Å². The Morgan fingerprint density at radius 1 is 0.319 bits per heavy atom. The van der Waals surface area contributed by atoms with Gasteiger partial charge in [-0.2, -0.15) is 0 Å². The molecule has 0 aromatic rings. The van der Waals surface area contributed by atoms with Gasteiger partial charge in [0.25, 0.3) is 0 Å². The molecule has 0 aromatic carbocycles. The fourth-order valence-electron chi connectivity index (χ4n) is 8.57. The van der Waals surface area contributed by atoms with Crippen molar-refractivity contribution >= 4 is 11.9 Å². The summed E-state index contributed by atoms with van der Waals surface area (Å²) in [5.74, 6) is -0.419. The zero-order valence-corrected chi connectivity index (χ0v) is 47.7. The Bertz CT molecular complexity index is 1360. The van der Waals surface area contributed by atoms with Gasteiger partial charge in [-0.05, 0) is 116 Å². The molecule has 0 aliphatic heterocycles. The van der Waals surface area contributed by atoms with E-state index in [0.29, 0.717) is 19.4 Å². The molecule has 414 valence electrons. The summed E-state index contributed by atoms with van der Waals surface area (Å²) in [6.45, 7) is 7.60. The summed E-state index contributed by atoms with van der Waals surface area (Å²) < 4.78 is 17.5. The molecule has 0 radical (unpaired) electrons. The molecule has 0 amide bonds. The minimum Gasteiger partial charge on any atom is -0.462 e. The van der Waals surface area contributed by atoms with E-state index in [1.165, 1.54) is 148 Å². The maximum Gasteiger partial charge on any atom is 0.306 e. The molecule has 0 rings (SSSR count). The predicted molar refractivity (Wildman–Crippen MR) is 316 cm³/mol. The number of rotatable bonds is 56. The first-order chi connectivity index (χ1) is 35.6. The van der Waals surface area contributed by atoms with Crippen molar-refractivity contribution < 1.29 is 23.8 Å². The molecule has 0 bridgehead atoms. The number of carbonyl (C=O) groups is 2. The van der Waals surface area contributed by atoms with Gasteiger partial charge in [0.2, 0.25) is 0 Å². The van der Waals surface area contributed by atoms with E-state index in [2.05, 4.69) is 118 Å². The third-order valence-electron chi connectivity index (χ3n) is 13.1. The third-order valence-corrected chi connectivity index (χ3v) is 13.1. The van der Waals surface area contributed by atoms with Gasteiger partial charge in [-0.15, -0.1) is 0 Å². The minimum absolute atomic E-state index is 0.0698. The van der Waals surface area contributed by atoms with E-state index in [9.17, 15) is 9.59 Å². The van der Waals surface area contributed by atoms with Crippen LogP contribution >= 0.6 is 0 Å². The molecule has 0 saturated heterocycles. The summed E-state index contributed by atoms with van der Waals surface area (Å²) in [5.41, 5.74) is 0. The second-order valence-electron chi connectivity index (χ2n) is 20.2. The van der Waals surface area contributed by atoms with Crippen molar-refractivity contribution in [2.24, 2.45) is 0 Å². The van der Waals surface area contributed by atoms with Crippen LogP contribution in [0.2, 0.25) is 0 Å². The summed E-state index contributed by atoms with van der Waals surface area (Å²) in [4.78, 5) is 25.6. The molecule has 0 N–H and O–H groups in total. The number of allylic oxidation sites excluding steroid dienone is 16. The lowest BCUT2D eigenvalue weighted by molar-refractivity contribution is -0.163. The standard InChI is InChI=1S/C67H116O5/c1-4-7-10-13-16-19-22-25-28-31-33-35-38-41-44-47-50-53-56-59-62-70-63-65(72-67(69)61-58-55-52-49-46-43-40-36-30-27-24-21-18-15-12-9-6-3)64-71-66(68)60-57-54-51-48-45-42-39-37-34-32-29-26-23-20-17-14-11-8-5-2/h8-9,11-12,17-18,20-21,25-30,34,37,65H,4-7,10,13-16,19,22-24,31-33,35-36,38-64H2,1-3H3/b11-8-,12-9-,20-17-,21-18-,28-25-,29-26-,30-27-,37-34-. The van der Waals surface area contributed by atoms with Gasteiger partial charge in [-0.25, -0.2) is 0 Å². The molecular formula is C67H116O5. The van der Waals surface area contributed by atoms with E-state index in [1.807, 2.05) is 0 Å². The van der Waals surface area contributed by atoms with Crippen LogP contribution in [0.5, 0.6) is 0 Å². The number of unbranched alkanes of at least 4 members (excludes halogenated alkanes) is 29. The van der Waals surface area contributed by atoms with E-state index in [4.69, 9.17) is 14.2 Å². The van der Waals surface area contributed by atoms with Crippen LogP contribution < -0.4 is 0 Å². The van der Waals surface area contributed by atoms with Crippen LogP contribution in [0.4, 0.5) is 0 Å². The fraction of sp³-hybridized carbons (Fsp3) is 0.731. The second-order valence-corrected chi connectivity index (χ2v) is 20.2. The molecule has 0 aliphatic rings. The highest BCUT2D eigenvalue weighted by molar-refractivity contribution is 5.70. The second kappa shape index (κ2) is 62.1. The molecule has 0 aromatic heterocycles. The van der Waals surface area contributed by atoms with Crippen molar-refractivity contribution in [3.8, 4) is 0 Å². The van der Waals surface area contributed by atoms with Gasteiger partial charge >= 0.3 is 11.9 Å². The van der Waals surface area contributed by atoms with Gasteiger partial charge in [0.05, 0.1) is 6.61 Å². The van der Waals surface area contributed by atoms with Crippen LogP contribution in [0, 0.1) is 0 Å². The Labute approximate surface area is 447 Å². The number of hydrogen-bond acceptors (Lipinski definition) is 5. The minimum atomic E-state index is -0.555. The highest BCUT2D eigenvalue weighted by Crippen LogP contribution is 2.15. The van der Waals surface area contributed by atoms with Gasteiger partial charge in [0.1, 0.15) is 6.61 Å². The fourth-order valence-corrected chi connectivity index (χ4v) is 8.57. The summed E-state index contributed by atoms with van der Waals surface area (Å²) in [6, 6.07) is 0. The summed E-state index contributed by atoms with van der Waals surface area (Å²) in [7, 11) is 0. The smallest absolute Gasteiger partial charge is 0.306 e. The molecule has 1 unspecified atom stereocenters. The maximum atomic E-state index is 12.9. The van der Waals surface area contributed by atoms with E-state index in [1.54, 1.807) is 0 Å². The van der Waals surface area contributed by atoms with Crippen LogP contribution in [0.15, 0.2) is 97.2 Å². The number of carbonyl (C=O) groups excluding carboxylic acids is 2. The maximum absolute atomic E-state index is 12.9. The molecule has 0 saturated carbocycles. The van der Waals surface area contributed by atoms with Gasteiger partial charge < -0.3 is 14.2 Å². The molecule has 72 heavy (non-hydrogen) atoms. The summed E-state index contributed by atoms with van der Waals surface area (Å²) in [5, 5.41) is 0. The normalized spacial score (nSPS) is 12.9. The molecule has 5 nitrogen and oxygen atoms in total. The number of hydrogen-bond donors (Lipinski definition) is 0. The lowest BCUT2D eigenvalue weighted by atomic mass is 10.1. The number of esters is 2. The molecular weight excluding hydrogens is 885 g/mol. The third kappa shape index (κ3) is 59.4. The quantitative estimate of drug-likeness (QED) is 0.0345. The molecule has 0 heterocycles. The van der Waals surface area contributed by atoms with E-state index >= 15 is 0 Å². The Hall–Kier alpha value is -3.18. The van der Waals surface area contributed by atoms with Crippen molar-refractivity contribution in [1.82, 2.24) is 0 Å². The van der Waals surface area contributed by atoms with Crippen LogP contribution in [0.3, 0.4) is 0 Å². The summed E-state index contributed by atoms with van der Waals surface area (Å²) >= 11 is 0. The summed E-state index contributed by atoms with van der Waals surface area (Å²) in [6.07, 6.45) is 84.4. The Kier molecular flexibility index (Phi) is 59.4. The average molecular weight is 1000 g/mol. The van der Waals surface area contributed by atoms with Gasteiger partial charge in [-0.1, -0.05) is 259 Å². The first-order valence-electron chi connectivity index (χ1n) is 30.8. The Balaban J connectivity index is 4.32. The van der Waals surface area contributed by atoms with Crippen molar-refractivity contribution in [1.29, 1.82) is 0 Å². The average Bonchev–Trinajstić information content (AvgIpc) is 3.38. The molecule has 5 heteroatoms. The highest BCUT2D eigenvalue weighted by atomic mass is 16.6. The van der Waals surface area contributed by atoms with Crippen LogP contribution in [0.1, 0.15) is 290 Å². The van der Waals surface area contributed by atoms with Gasteiger partial charge in [-0.3, -0.25) is 9.59 Å². The van der Waals surface area contributed by atoms with Crippen molar-refractivity contribution in [2.45, 2.75) is 297 Å². The first kappa shape index (κ1) is 68.8. The SMILES string of the molecule is CC/C=C\C/C=C\C/C=C\C/C=C\CCCCCCCCC(=O)OCC(COCCCCCCCCCCCC/C=C\CCCCCCCC)OC(=O)CCCCCCCCC/C=C\C/C=C\C/C=C\CC. The lowest BCUT2D eigenvalue weighted by Crippen LogP contribution is -2.30. The topological polar surface area (TPSA) is 61.8 Å². The van der Waals surface area contributed by atoms with Crippen molar-refractivity contribution in [2.75, 3.05) is 19.8 Å². The monoisotopic (exact) mass is 1000 g/mol. The molecule has 0 aliphatic carbocycles. The zero-order chi connectivity index (χ0) is 52.0. The highest BCUT2D eigenvalue weighted by Gasteiger charge is 2.17. The zero-order valence-electron chi connectivity index (χ0n) is 47.7. The predicted octanol–water partition coefficient (Wildman–Crippen LogP) is 21.4. The van der Waals surface area contributed by atoms with Gasteiger partial charge in [0.15, 0.2) is 6.10 Å². The Morgan fingerprint density at radius 2 is 0.625 bits per heavy atom. The molecule has 1 atom stereocenters. The largest absolute Gasteiger partial charge is 0.462 e. The van der Waals surface area contributed by atoms with Crippen molar-refractivity contribution in [3.05, 3.63) is 97.2 Å². The first-order valence-corrected chi connectivity index (χ1v) is 30.8. The molecule has 0 fully saturated rings. The molecule has 0 spiro atoms. The number of ether oxygens (including phenoxy) is 3. The van der Waals surface area contributed by atoms with E-state index in [0.717, 1.165) is 109 Å². The van der Waals surface area contributed by atoms with E-state index < -0.39 is 6.10 Å². The Morgan fingerprint density at radius 3 is 1.01 bits per heavy atom. The van der Waals surface area contributed by atoms with Crippen LogP contribution in [0.25, 0.3) is 0 Å². The lowest BCUT2D eigenvalue weighted by Gasteiger charge is -2.18. The van der Waals surface area contributed by atoms with Crippen LogP contribution in [-0.2, 0) is 23.8 Å². The van der Waals surface area contributed by atoms with Gasteiger partial charge in [0, 0.05) is 19.4 Å².